The Morgan fingerprint density at radius 3 is 2.70 bits per heavy atom. The second kappa shape index (κ2) is 7.44. The molecule has 4 rings (SSSR count). The number of benzene rings is 1. The molecule has 0 atom stereocenters. The molecule has 4 aromatic rings. The molecular weight excluding hydrogens is 439 g/mol. The number of fused-ring (bicyclic) bond motifs is 1. The minimum atomic E-state index is -4.59. The average Bonchev–Trinajstić information content (AvgIpc) is 3.30. The number of alkyl halides is 3. The second-order valence-electron chi connectivity index (χ2n) is 6.71. The van der Waals surface area contributed by atoms with Gasteiger partial charge < -0.3 is 5.32 Å². The SMILES string of the molecule is Cc1cc(NC(=O)c2cc3c(C(F)(F)F)nn(C)c3s2)nn1Cc1cccc(Cl)c1. The number of aromatic nitrogens is 4. The van der Waals surface area contributed by atoms with Gasteiger partial charge in [-0.25, -0.2) is 0 Å². The summed E-state index contributed by atoms with van der Waals surface area (Å²) in [7, 11) is 1.41. The summed E-state index contributed by atoms with van der Waals surface area (Å²) >= 11 is 6.95. The maximum atomic E-state index is 13.1. The van der Waals surface area contributed by atoms with Crippen molar-refractivity contribution in [2.45, 2.75) is 19.6 Å². The third kappa shape index (κ3) is 3.92. The van der Waals surface area contributed by atoms with E-state index in [1.807, 2.05) is 25.1 Å². The predicted octanol–water partition coefficient (Wildman–Crippen LogP) is 5.11. The summed E-state index contributed by atoms with van der Waals surface area (Å²) in [5.74, 6) is -0.220. The number of amides is 1. The van der Waals surface area contributed by atoms with Gasteiger partial charge >= 0.3 is 6.18 Å². The van der Waals surface area contributed by atoms with E-state index in [1.165, 1.54) is 13.1 Å². The number of halogens is 4. The number of nitrogens with zero attached hydrogens (tertiary/aromatic N) is 4. The van der Waals surface area contributed by atoms with Crippen LogP contribution in [0.25, 0.3) is 10.2 Å². The molecule has 0 aliphatic rings. The van der Waals surface area contributed by atoms with E-state index in [2.05, 4.69) is 15.5 Å². The van der Waals surface area contributed by atoms with Crippen LogP contribution in [0, 0.1) is 6.92 Å². The molecule has 0 unspecified atom stereocenters. The fraction of sp³-hybridized carbons (Fsp3) is 0.211. The number of anilines is 1. The van der Waals surface area contributed by atoms with Crippen LogP contribution in [0.15, 0.2) is 36.4 Å². The van der Waals surface area contributed by atoms with Crippen LogP contribution in [-0.2, 0) is 19.8 Å². The lowest BCUT2D eigenvalue weighted by Gasteiger charge is -2.05. The van der Waals surface area contributed by atoms with Gasteiger partial charge in [-0.1, -0.05) is 23.7 Å². The number of hydrogen-bond donors (Lipinski definition) is 1. The van der Waals surface area contributed by atoms with E-state index < -0.39 is 17.8 Å². The number of carbonyl (C=O) groups is 1. The first-order valence-electron chi connectivity index (χ1n) is 8.76. The van der Waals surface area contributed by atoms with Crippen molar-refractivity contribution >= 4 is 44.9 Å². The fourth-order valence-corrected chi connectivity index (χ4v) is 4.26. The lowest BCUT2D eigenvalue weighted by molar-refractivity contribution is -0.140. The topological polar surface area (TPSA) is 64.7 Å². The van der Waals surface area contributed by atoms with Crippen molar-refractivity contribution in [2.24, 2.45) is 7.05 Å². The molecule has 30 heavy (non-hydrogen) atoms. The Kier molecular flexibility index (Phi) is 5.07. The number of hydrogen-bond acceptors (Lipinski definition) is 4. The first-order chi connectivity index (χ1) is 14.1. The molecule has 0 saturated heterocycles. The Balaban J connectivity index is 1.56. The highest BCUT2D eigenvalue weighted by atomic mass is 35.5. The monoisotopic (exact) mass is 453 g/mol. The average molecular weight is 454 g/mol. The summed E-state index contributed by atoms with van der Waals surface area (Å²) in [4.78, 5) is 13.0. The third-order valence-corrected chi connectivity index (χ3v) is 5.88. The van der Waals surface area contributed by atoms with Crippen molar-refractivity contribution < 1.29 is 18.0 Å². The van der Waals surface area contributed by atoms with Crippen LogP contribution in [0.4, 0.5) is 19.0 Å². The van der Waals surface area contributed by atoms with Gasteiger partial charge in [-0.05, 0) is 30.7 Å². The predicted molar refractivity (Wildman–Crippen MR) is 109 cm³/mol. The van der Waals surface area contributed by atoms with Crippen LogP contribution in [0.3, 0.4) is 0 Å². The molecule has 0 fully saturated rings. The highest BCUT2D eigenvalue weighted by Gasteiger charge is 2.37. The molecule has 0 radical (unpaired) electrons. The van der Waals surface area contributed by atoms with E-state index in [4.69, 9.17) is 11.6 Å². The van der Waals surface area contributed by atoms with Crippen molar-refractivity contribution in [1.82, 2.24) is 19.6 Å². The highest BCUT2D eigenvalue weighted by molar-refractivity contribution is 7.20. The lowest BCUT2D eigenvalue weighted by Crippen LogP contribution is -2.12. The summed E-state index contributed by atoms with van der Waals surface area (Å²) in [6, 6.07) is 10.3. The molecule has 3 aromatic heterocycles. The van der Waals surface area contributed by atoms with E-state index in [0.29, 0.717) is 17.4 Å². The molecule has 0 aliphatic heterocycles. The summed E-state index contributed by atoms with van der Waals surface area (Å²) in [6.07, 6.45) is -4.59. The maximum absolute atomic E-state index is 13.1. The minimum Gasteiger partial charge on any atom is -0.304 e. The van der Waals surface area contributed by atoms with Crippen LogP contribution in [0.5, 0.6) is 0 Å². The van der Waals surface area contributed by atoms with Crippen molar-refractivity contribution in [3.05, 3.63) is 63.2 Å². The van der Waals surface area contributed by atoms with Crippen molar-refractivity contribution in [3.63, 3.8) is 0 Å². The van der Waals surface area contributed by atoms with Gasteiger partial charge in [-0.2, -0.15) is 23.4 Å². The zero-order valence-corrected chi connectivity index (χ0v) is 17.4. The highest BCUT2D eigenvalue weighted by Crippen LogP contribution is 2.37. The minimum absolute atomic E-state index is 0.0946. The Morgan fingerprint density at radius 2 is 2.00 bits per heavy atom. The molecule has 6 nitrogen and oxygen atoms in total. The van der Waals surface area contributed by atoms with E-state index >= 15 is 0 Å². The van der Waals surface area contributed by atoms with Gasteiger partial charge in [0.15, 0.2) is 11.5 Å². The number of nitrogens with one attached hydrogen (secondary N) is 1. The fourth-order valence-electron chi connectivity index (χ4n) is 3.08. The van der Waals surface area contributed by atoms with Gasteiger partial charge in [0.25, 0.3) is 5.91 Å². The van der Waals surface area contributed by atoms with Crippen molar-refractivity contribution in [1.29, 1.82) is 0 Å². The van der Waals surface area contributed by atoms with Gasteiger partial charge in [0.1, 0.15) is 4.83 Å². The number of thiophene rings is 1. The first kappa shape index (κ1) is 20.4. The van der Waals surface area contributed by atoms with Crippen LogP contribution in [-0.4, -0.2) is 25.5 Å². The smallest absolute Gasteiger partial charge is 0.304 e. The molecular formula is C19H15ClF3N5OS. The molecule has 0 saturated carbocycles. The van der Waals surface area contributed by atoms with Crippen LogP contribution in [0.1, 0.15) is 26.6 Å². The second-order valence-corrected chi connectivity index (χ2v) is 8.18. The van der Waals surface area contributed by atoms with Crippen molar-refractivity contribution in [2.75, 3.05) is 5.32 Å². The molecule has 11 heteroatoms. The van der Waals surface area contributed by atoms with Crippen LogP contribution >= 0.6 is 22.9 Å². The molecule has 0 aliphatic carbocycles. The zero-order chi connectivity index (χ0) is 21.6. The number of aryl methyl sites for hydroxylation is 2. The molecule has 0 spiro atoms. The van der Waals surface area contributed by atoms with Gasteiger partial charge in [0, 0.05) is 29.2 Å². The number of carbonyl (C=O) groups excluding carboxylic acids is 1. The summed E-state index contributed by atoms with van der Waals surface area (Å²) in [5, 5.41) is 11.0. The van der Waals surface area contributed by atoms with E-state index in [0.717, 1.165) is 27.3 Å². The summed E-state index contributed by atoms with van der Waals surface area (Å²) in [6.45, 7) is 2.31. The van der Waals surface area contributed by atoms with E-state index in [9.17, 15) is 18.0 Å². The van der Waals surface area contributed by atoms with Crippen LogP contribution < -0.4 is 5.32 Å². The van der Waals surface area contributed by atoms with E-state index in [-0.39, 0.29) is 15.1 Å². The van der Waals surface area contributed by atoms with Crippen LogP contribution in [0.2, 0.25) is 5.02 Å². The number of rotatable bonds is 4. The molecule has 1 amide bonds. The van der Waals surface area contributed by atoms with E-state index in [1.54, 1.807) is 16.8 Å². The Hall–Kier alpha value is -2.85. The Bertz CT molecular complexity index is 1260. The van der Waals surface area contributed by atoms with Gasteiger partial charge in [-0.3, -0.25) is 14.2 Å². The normalized spacial score (nSPS) is 11.9. The summed E-state index contributed by atoms with van der Waals surface area (Å²) in [5.41, 5.74) is 0.755. The molecule has 3 heterocycles. The largest absolute Gasteiger partial charge is 0.435 e. The Labute approximate surface area is 177 Å². The standard InChI is InChI=1S/C19H15ClF3N5OS/c1-10-6-15(25-28(10)9-11-4-3-5-12(20)7-11)24-17(29)14-8-13-16(19(21,22)23)26-27(2)18(13)30-14/h3-8H,9H2,1-2H3,(H,24,25,29). The quantitative estimate of drug-likeness (QED) is 0.467. The van der Waals surface area contributed by atoms with Crippen molar-refractivity contribution in [3.8, 4) is 0 Å². The molecule has 0 bridgehead atoms. The first-order valence-corrected chi connectivity index (χ1v) is 9.95. The maximum Gasteiger partial charge on any atom is 0.435 e. The third-order valence-electron chi connectivity index (χ3n) is 4.45. The van der Waals surface area contributed by atoms with Gasteiger partial charge in [0.05, 0.1) is 11.4 Å². The molecule has 156 valence electrons. The molecule has 1 aromatic carbocycles. The lowest BCUT2D eigenvalue weighted by atomic mass is 10.2. The molecule has 1 N–H and O–H groups in total. The Morgan fingerprint density at radius 1 is 1.23 bits per heavy atom. The zero-order valence-electron chi connectivity index (χ0n) is 15.8. The summed E-state index contributed by atoms with van der Waals surface area (Å²) < 4.78 is 42.3. The van der Waals surface area contributed by atoms with Gasteiger partial charge in [-0.15, -0.1) is 11.3 Å². The van der Waals surface area contributed by atoms with Gasteiger partial charge in [0.2, 0.25) is 0 Å².